The Labute approximate surface area is 163 Å². The number of ether oxygens (including phenoxy) is 3. The van der Waals surface area contributed by atoms with Crippen molar-refractivity contribution in [2.45, 2.75) is 19.4 Å². The first kappa shape index (κ1) is 19.6. The molecule has 1 aromatic heterocycles. The van der Waals surface area contributed by atoms with Crippen LogP contribution in [0, 0.1) is 6.92 Å². The number of benzene rings is 1. The van der Waals surface area contributed by atoms with Gasteiger partial charge in [-0.1, -0.05) is 6.07 Å². The number of hydrogen-bond acceptors (Lipinski definition) is 5. The van der Waals surface area contributed by atoms with Crippen molar-refractivity contribution in [1.82, 2.24) is 9.47 Å². The van der Waals surface area contributed by atoms with Crippen molar-refractivity contribution in [3.05, 3.63) is 46.4 Å². The van der Waals surface area contributed by atoms with Crippen LogP contribution in [0.1, 0.15) is 12.1 Å². The molecule has 2 amide bonds. The van der Waals surface area contributed by atoms with Gasteiger partial charge in [-0.3, -0.25) is 4.79 Å². The zero-order valence-electron chi connectivity index (χ0n) is 16.5. The number of aromatic nitrogens is 1. The number of carbonyl (C=O) groups is 1. The molecule has 150 valence electrons. The number of anilines is 1. The van der Waals surface area contributed by atoms with Crippen LogP contribution < -0.4 is 25.1 Å². The highest BCUT2D eigenvalue weighted by Crippen LogP contribution is 2.35. The quantitative estimate of drug-likeness (QED) is 0.852. The summed E-state index contributed by atoms with van der Waals surface area (Å²) in [6, 6.07) is 8.36. The van der Waals surface area contributed by atoms with E-state index >= 15 is 0 Å². The lowest BCUT2D eigenvalue weighted by Crippen LogP contribution is -2.34. The summed E-state index contributed by atoms with van der Waals surface area (Å²) in [5.41, 5.74) is 1.24. The second kappa shape index (κ2) is 8.24. The van der Waals surface area contributed by atoms with Crippen LogP contribution in [0.15, 0.2) is 35.1 Å². The Balaban J connectivity index is 1.64. The molecule has 0 saturated carbocycles. The van der Waals surface area contributed by atoms with Gasteiger partial charge in [0.25, 0.3) is 5.56 Å². The molecule has 2 heterocycles. The molecule has 1 aliphatic rings. The molecule has 8 heteroatoms. The SMILES string of the molecule is COc1cccc(NC(=O)N2CCC(Oc3cc(C)n(C)c(=O)c3)C2)c1OC. The van der Waals surface area contributed by atoms with Crippen LogP contribution in [-0.4, -0.2) is 48.9 Å². The molecule has 1 atom stereocenters. The number of nitrogens with zero attached hydrogens (tertiary/aromatic N) is 2. The minimum atomic E-state index is -0.238. The number of methoxy groups -OCH3 is 2. The van der Waals surface area contributed by atoms with Gasteiger partial charge in [0.1, 0.15) is 11.9 Å². The molecule has 2 aromatic rings. The molecule has 3 rings (SSSR count). The highest BCUT2D eigenvalue weighted by molar-refractivity contribution is 5.91. The van der Waals surface area contributed by atoms with E-state index < -0.39 is 0 Å². The lowest BCUT2D eigenvalue weighted by atomic mass is 10.2. The van der Waals surface area contributed by atoms with Gasteiger partial charge in [0.05, 0.1) is 26.5 Å². The monoisotopic (exact) mass is 387 g/mol. The molecule has 0 radical (unpaired) electrons. The standard InChI is InChI=1S/C20H25N3O5/c1-13-10-15(11-18(24)22(13)2)28-14-8-9-23(12-14)20(25)21-16-6-5-7-17(26-3)19(16)27-4/h5-7,10-11,14H,8-9,12H2,1-4H3,(H,21,25). The number of aryl methyl sites for hydroxylation is 1. The first-order valence-electron chi connectivity index (χ1n) is 9.04. The molecule has 1 fully saturated rings. The van der Waals surface area contributed by atoms with Crippen molar-refractivity contribution in [3.8, 4) is 17.2 Å². The molecule has 28 heavy (non-hydrogen) atoms. The predicted molar refractivity (Wildman–Crippen MR) is 106 cm³/mol. The minimum absolute atomic E-state index is 0.118. The van der Waals surface area contributed by atoms with Crippen LogP contribution >= 0.6 is 0 Å². The van der Waals surface area contributed by atoms with Crippen molar-refractivity contribution in [3.63, 3.8) is 0 Å². The van der Waals surface area contributed by atoms with Crippen LogP contribution in [0.2, 0.25) is 0 Å². The third kappa shape index (κ3) is 4.05. The largest absolute Gasteiger partial charge is 0.493 e. The van der Waals surface area contributed by atoms with E-state index in [2.05, 4.69) is 5.32 Å². The van der Waals surface area contributed by atoms with Gasteiger partial charge in [0, 0.05) is 31.8 Å². The van der Waals surface area contributed by atoms with E-state index in [0.717, 1.165) is 5.69 Å². The second-order valence-corrected chi connectivity index (χ2v) is 6.68. The van der Waals surface area contributed by atoms with E-state index in [9.17, 15) is 9.59 Å². The number of nitrogens with one attached hydrogen (secondary N) is 1. The van der Waals surface area contributed by atoms with Gasteiger partial charge in [-0.15, -0.1) is 0 Å². The van der Waals surface area contributed by atoms with Gasteiger partial charge in [0.2, 0.25) is 0 Å². The molecule has 1 N–H and O–H groups in total. The van der Waals surface area contributed by atoms with Crippen molar-refractivity contribution < 1.29 is 19.0 Å². The Morgan fingerprint density at radius 2 is 2.00 bits per heavy atom. The lowest BCUT2D eigenvalue weighted by molar-refractivity contribution is 0.194. The maximum atomic E-state index is 12.6. The number of amides is 2. The lowest BCUT2D eigenvalue weighted by Gasteiger charge is -2.20. The molecule has 1 aromatic carbocycles. The minimum Gasteiger partial charge on any atom is -0.493 e. The van der Waals surface area contributed by atoms with E-state index in [1.807, 2.05) is 13.0 Å². The summed E-state index contributed by atoms with van der Waals surface area (Å²) in [4.78, 5) is 26.2. The Hall–Kier alpha value is -3.16. The summed E-state index contributed by atoms with van der Waals surface area (Å²) in [6.07, 6.45) is 0.529. The highest BCUT2D eigenvalue weighted by Gasteiger charge is 2.28. The van der Waals surface area contributed by atoms with Crippen molar-refractivity contribution >= 4 is 11.7 Å². The summed E-state index contributed by atoms with van der Waals surface area (Å²) in [7, 11) is 4.79. The number of pyridine rings is 1. The smallest absolute Gasteiger partial charge is 0.322 e. The molecule has 0 spiro atoms. The fraction of sp³-hybridized carbons (Fsp3) is 0.400. The summed E-state index contributed by atoms with van der Waals surface area (Å²) in [6.45, 7) is 2.85. The van der Waals surface area contributed by atoms with Crippen LogP contribution in [0.3, 0.4) is 0 Å². The number of likely N-dealkylation sites (tertiary alicyclic amines) is 1. The normalized spacial score (nSPS) is 16.0. The molecule has 1 saturated heterocycles. The van der Waals surface area contributed by atoms with E-state index in [4.69, 9.17) is 14.2 Å². The van der Waals surface area contributed by atoms with Gasteiger partial charge < -0.3 is 29.0 Å². The number of rotatable bonds is 5. The van der Waals surface area contributed by atoms with Gasteiger partial charge >= 0.3 is 6.03 Å². The summed E-state index contributed by atoms with van der Waals surface area (Å²) >= 11 is 0. The first-order chi connectivity index (χ1) is 13.4. The van der Waals surface area contributed by atoms with Crippen molar-refractivity contribution in [1.29, 1.82) is 0 Å². The molecule has 8 nitrogen and oxygen atoms in total. The molecule has 1 unspecified atom stereocenters. The summed E-state index contributed by atoms with van der Waals surface area (Å²) < 4.78 is 18.1. The van der Waals surface area contributed by atoms with Crippen LogP contribution in [0.5, 0.6) is 17.2 Å². The highest BCUT2D eigenvalue weighted by atomic mass is 16.5. The number of hydrogen-bond donors (Lipinski definition) is 1. The Bertz CT molecular complexity index is 925. The van der Waals surface area contributed by atoms with Gasteiger partial charge in [-0.25, -0.2) is 4.79 Å². The van der Waals surface area contributed by atoms with Crippen molar-refractivity contribution in [2.75, 3.05) is 32.6 Å². The van der Waals surface area contributed by atoms with E-state index in [0.29, 0.717) is 42.4 Å². The van der Waals surface area contributed by atoms with E-state index in [1.54, 1.807) is 41.8 Å². The average molecular weight is 387 g/mol. The van der Waals surface area contributed by atoms with Crippen LogP contribution in [0.4, 0.5) is 10.5 Å². The fourth-order valence-corrected chi connectivity index (χ4v) is 3.19. The molecule has 0 bridgehead atoms. The van der Waals surface area contributed by atoms with Crippen LogP contribution in [0.25, 0.3) is 0 Å². The molecule has 1 aliphatic heterocycles. The predicted octanol–water partition coefficient (Wildman–Crippen LogP) is 2.40. The van der Waals surface area contributed by atoms with Crippen molar-refractivity contribution in [2.24, 2.45) is 7.05 Å². The Morgan fingerprint density at radius 1 is 1.21 bits per heavy atom. The fourth-order valence-electron chi connectivity index (χ4n) is 3.19. The number of carbonyl (C=O) groups excluding carboxylic acids is 1. The first-order valence-corrected chi connectivity index (χ1v) is 9.04. The average Bonchev–Trinajstić information content (AvgIpc) is 3.14. The number of urea groups is 1. The summed E-state index contributed by atoms with van der Waals surface area (Å²) in [5, 5.41) is 2.86. The number of para-hydroxylation sites is 1. The van der Waals surface area contributed by atoms with Gasteiger partial charge in [-0.05, 0) is 25.1 Å². The molecular formula is C20H25N3O5. The Morgan fingerprint density at radius 3 is 2.68 bits per heavy atom. The van der Waals surface area contributed by atoms with Crippen LogP contribution in [-0.2, 0) is 7.05 Å². The van der Waals surface area contributed by atoms with E-state index in [-0.39, 0.29) is 17.7 Å². The molecule has 0 aliphatic carbocycles. The zero-order chi connectivity index (χ0) is 20.3. The van der Waals surface area contributed by atoms with Gasteiger partial charge in [0.15, 0.2) is 11.5 Å². The third-order valence-electron chi connectivity index (χ3n) is 4.86. The zero-order valence-corrected chi connectivity index (χ0v) is 16.5. The molecular weight excluding hydrogens is 362 g/mol. The maximum absolute atomic E-state index is 12.6. The topological polar surface area (TPSA) is 82.0 Å². The second-order valence-electron chi connectivity index (χ2n) is 6.68. The Kier molecular flexibility index (Phi) is 5.77. The third-order valence-corrected chi connectivity index (χ3v) is 4.86. The van der Waals surface area contributed by atoms with Gasteiger partial charge in [-0.2, -0.15) is 0 Å². The summed E-state index contributed by atoms with van der Waals surface area (Å²) in [5.74, 6) is 1.55. The van der Waals surface area contributed by atoms with E-state index in [1.165, 1.54) is 13.2 Å². The maximum Gasteiger partial charge on any atom is 0.322 e.